The van der Waals surface area contributed by atoms with Gasteiger partial charge in [0, 0.05) is 6.54 Å². The van der Waals surface area contributed by atoms with Gasteiger partial charge in [-0.1, -0.05) is 33.6 Å². The van der Waals surface area contributed by atoms with Gasteiger partial charge in [0.2, 0.25) is 0 Å². The molecule has 0 aromatic carbocycles. The minimum absolute atomic E-state index is 0.768. The van der Waals surface area contributed by atoms with E-state index < -0.39 is 0 Å². The smallest absolute Gasteiger partial charge is 0.00191 e. The lowest BCUT2D eigenvalue weighted by atomic mass is 9.77. The Bertz CT molecular complexity index is 246. The van der Waals surface area contributed by atoms with E-state index in [1.165, 1.54) is 64.7 Å². The highest BCUT2D eigenvalue weighted by Crippen LogP contribution is 2.46. The standard InChI is InChI=1S/C17H34N2/c1-15(2)12-18-13-16(3)14-19-10-8-17(9-11-19)6-4-5-7-17/h15-16,18H,4-14H2,1-3H3. The summed E-state index contributed by atoms with van der Waals surface area (Å²) in [6.07, 6.45) is 8.97. The number of rotatable bonds is 6. The Morgan fingerprint density at radius 3 is 2.16 bits per heavy atom. The summed E-state index contributed by atoms with van der Waals surface area (Å²) < 4.78 is 0. The van der Waals surface area contributed by atoms with E-state index in [0.29, 0.717) is 0 Å². The van der Waals surface area contributed by atoms with Crippen LogP contribution < -0.4 is 5.32 Å². The quantitative estimate of drug-likeness (QED) is 0.791. The van der Waals surface area contributed by atoms with Crippen molar-refractivity contribution >= 4 is 0 Å². The van der Waals surface area contributed by atoms with E-state index in [1.807, 2.05) is 0 Å². The van der Waals surface area contributed by atoms with Gasteiger partial charge in [0.25, 0.3) is 0 Å². The molecule has 0 aromatic rings. The van der Waals surface area contributed by atoms with Gasteiger partial charge in [-0.3, -0.25) is 0 Å². The number of hydrogen-bond donors (Lipinski definition) is 1. The molecule has 2 aliphatic rings. The molecule has 1 heterocycles. The minimum atomic E-state index is 0.768. The molecular formula is C17H34N2. The Morgan fingerprint density at radius 1 is 0.947 bits per heavy atom. The lowest BCUT2D eigenvalue weighted by Crippen LogP contribution is -2.42. The van der Waals surface area contributed by atoms with Crippen LogP contribution in [0.15, 0.2) is 0 Å². The highest BCUT2D eigenvalue weighted by Gasteiger charge is 2.36. The van der Waals surface area contributed by atoms with E-state index >= 15 is 0 Å². The summed E-state index contributed by atoms with van der Waals surface area (Å²) in [5.74, 6) is 1.56. The molecule has 1 aliphatic carbocycles. The summed E-state index contributed by atoms with van der Waals surface area (Å²) in [6, 6.07) is 0. The van der Waals surface area contributed by atoms with Crippen LogP contribution in [0.25, 0.3) is 0 Å². The van der Waals surface area contributed by atoms with E-state index in [9.17, 15) is 0 Å². The fourth-order valence-corrected chi connectivity index (χ4v) is 3.96. The van der Waals surface area contributed by atoms with E-state index in [-0.39, 0.29) is 0 Å². The first-order valence-corrected chi connectivity index (χ1v) is 8.53. The zero-order valence-electron chi connectivity index (χ0n) is 13.4. The Balaban J connectivity index is 1.62. The van der Waals surface area contributed by atoms with Crippen molar-refractivity contribution in [3.63, 3.8) is 0 Å². The van der Waals surface area contributed by atoms with Gasteiger partial charge in [-0.15, -0.1) is 0 Å². The summed E-state index contributed by atoms with van der Waals surface area (Å²) in [4.78, 5) is 2.71. The topological polar surface area (TPSA) is 15.3 Å². The summed E-state index contributed by atoms with van der Waals surface area (Å²) in [5.41, 5.74) is 0.773. The monoisotopic (exact) mass is 266 g/mol. The van der Waals surface area contributed by atoms with Gasteiger partial charge in [0.1, 0.15) is 0 Å². The molecular weight excluding hydrogens is 232 g/mol. The van der Waals surface area contributed by atoms with Gasteiger partial charge in [0.05, 0.1) is 0 Å². The zero-order valence-corrected chi connectivity index (χ0v) is 13.4. The molecule has 1 spiro atoms. The molecule has 1 saturated carbocycles. The normalized spacial score (nSPS) is 25.3. The summed E-state index contributed by atoms with van der Waals surface area (Å²) in [7, 11) is 0. The number of hydrogen-bond acceptors (Lipinski definition) is 2. The molecule has 0 radical (unpaired) electrons. The fourth-order valence-electron chi connectivity index (χ4n) is 3.96. The summed E-state index contributed by atoms with van der Waals surface area (Å²) in [5, 5.41) is 3.60. The van der Waals surface area contributed by atoms with Crippen molar-refractivity contribution in [2.24, 2.45) is 17.3 Å². The third-order valence-electron chi connectivity index (χ3n) is 5.20. The highest BCUT2D eigenvalue weighted by atomic mass is 15.1. The van der Waals surface area contributed by atoms with Crippen molar-refractivity contribution in [3.05, 3.63) is 0 Å². The predicted octanol–water partition coefficient (Wildman–Crippen LogP) is 3.52. The molecule has 1 unspecified atom stereocenters. The molecule has 19 heavy (non-hydrogen) atoms. The van der Waals surface area contributed by atoms with Crippen LogP contribution in [-0.2, 0) is 0 Å². The second-order valence-electron chi connectivity index (χ2n) is 7.66. The van der Waals surface area contributed by atoms with Crippen molar-refractivity contribution in [3.8, 4) is 0 Å². The molecule has 0 amide bonds. The third-order valence-corrected chi connectivity index (χ3v) is 5.20. The van der Waals surface area contributed by atoms with Gasteiger partial charge < -0.3 is 10.2 Å². The fraction of sp³-hybridized carbons (Fsp3) is 1.00. The molecule has 1 saturated heterocycles. The van der Waals surface area contributed by atoms with Crippen molar-refractivity contribution < 1.29 is 0 Å². The average molecular weight is 266 g/mol. The van der Waals surface area contributed by atoms with Gasteiger partial charge in [0.15, 0.2) is 0 Å². The molecule has 0 bridgehead atoms. The first-order valence-electron chi connectivity index (χ1n) is 8.53. The van der Waals surface area contributed by atoms with Gasteiger partial charge in [-0.2, -0.15) is 0 Å². The average Bonchev–Trinajstić information content (AvgIpc) is 2.81. The maximum atomic E-state index is 3.60. The third kappa shape index (κ3) is 4.75. The molecule has 112 valence electrons. The van der Waals surface area contributed by atoms with Crippen molar-refractivity contribution in [2.45, 2.75) is 59.3 Å². The van der Waals surface area contributed by atoms with E-state index in [2.05, 4.69) is 31.0 Å². The van der Waals surface area contributed by atoms with E-state index in [1.54, 1.807) is 0 Å². The lowest BCUT2D eigenvalue weighted by molar-refractivity contribution is 0.0975. The van der Waals surface area contributed by atoms with Crippen LogP contribution >= 0.6 is 0 Å². The summed E-state index contributed by atoms with van der Waals surface area (Å²) >= 11 is 0. The number of piperidine rings is 1. The van der Waals surface area contributed by atoms with E-state index in [4.69, 9.17) is 0 Å². The largest absolute Gasteiger partial charge is 0.316 e. The van der Waals surface area contributed by atoms with E-state index in [0.717, 1.165) is 23.8 Å². The zero-order chi connectivity index (χ0) is 13.7. The molecule has 2 nitrogen and oxygen atoms in total. The maximum absolute atomic E-state index is 3.60. The van der Waals surface area contributed by atoms with Crippen LogP contribution in [0.4, 0.5) is 0 Å². The number of nitrogens with one attached hydrogen (secondary N) is 1. The van der Waals surface area contributed by atoms with Crippen LogP contribution in [0.2, 0.25) is 0 Å². The molecule has 1 atom stereocenters. The van der Waals surface area contributed by atoms with Crippen LogP contribution in [0.5, 0.6) is 0 Å². The van der Waals surface area contributed by atoms with Crippen molar-refractivity contribution in [1.29, 1.82) is 0 Å². The van der Waals surface area contributed by atoms with Gasteiger partial charge in [-0.05, 0) is 69.1 Å². The predicted molar refractivity (Wildman–Crippen MR) is 83.4 cm³/mol. The Kier molecular flexibility index (Phi) is 5.70. The van der Waals surface area contributed by atoms with Crippen LogP contribution in [0, 0.1) is 17.3 Å². The first-order chi connectivity index (χ1) is 9.10. The molecule has 1 N–H and O–H groups in total. The first kappa shape index (κ1) is 15.3. The van der Waals surface area contributed by atoms with Crippen LogP contribution in [-0.4, -0.2) is 37.6 Å². The molecule has 2 fully saturated rings. The second-order valence-corrected chi connectivity index (χ2v) is 7.66. The SMILES string of the molecule is CC(C)CNCC(C)CN1CCC2(CCCC2)CC1. The minimum Gasteiger partial charge on any atom is -0.316 e. The highest BCUT2D eigenvalue weighted by molar-refractivity contribution is 4.89. The Morgan fingerprint density at radius 2 is 1.58 bits per heavy atom. The molecule has 0 aromatic heterocycles. The second kappa shape index (κ2) is 7.08. The number of likely N-dealkylation sites (tertiary alicyclic amines) is 1. The van der Waals surface area contributed by atoms with Crippen molar-refractivity contribution in [2.75, 3.05) is 32.7 Å². The van der Waals surface area contributed by atoms with Crippen LogP contribution in [0.1, 0.15) is 59.3 Å². The maximum Gasteiger partial charge on any atom is 0.00191 e. The van der Waals surface area contributed by atoms with Crippen molar-refractivity contribution in [1.82, 2.24) is 10.2 Å². The Labute approximate surface area is 120 Å². The molecule has 2 heteroatoms. The summed E-state index contributed by atoms with van der Waals surface area (Å²) in [6.45, 7) is 13.3. The molecule has 2 rings (SSSR count). The lowest BCUT2D eigenvalue weighted by Gasteiger charge is -2.40. The number of nitrogens with zero attached hydrogens (tertiary/aromatic N) is 1. The van der Waals surface area contributed by atoms with Gasteiger partial charge in [-0.25, -0.2) is 0 Å². The van der Waals surface area contributed by atoms with Gasteiger partial charge >= 0.3 is 0 Å². The van der Waals surface area contributed by atoms with Crippen LogP contribution in [0.3, 0.4) is 0 Å². The Hall–Kier alpha value is -0.0800. The molecule has 1 aliphatic heterocycles.